The maximum Gasteiger partial charge on any atom is 0.335 e. The average Bonchev–Trinajstić information content (AvgIpc) is 3.38. The zero-order chi connectivity index (χ0) is 24.0. The molecule has 0 radical (unpaired) electrons. The number of piperidine rings is 1. The van der Waals surface area contributed by atoms with E-state index in [9.17, 15) is 24.0 Å². The maximum absolute atomic E-state index is 12.9. The number of carbonyl (C=O) groups is 5. The van der Waals surface area contributed by atoms with Gasteiger partial charge < -0.3 is 20.2 Å². The molecule has 5 rings (SSSR count). The summed E-state index contributed by atoms with van der Waals surface area (Å²) in [6.07, 6.45) is 0.500. The third-order valence-electron chi connectivity index (χ3n) is 6.50. The van der Waals surface area contributed by atoms with Crippen LogP contribution < -0.4 is 10.6 Å². The van der Waals surface area contributed by atoms with E-state index in [1.165, 1.54) is 11.0 Å². The average molecular weight is 462 g/mol. The predicted octanol–water partition coefficient (Wildman–Crippen LogP) is 1.10. The van der Waals surface area contributed by atoms with E-state index in [2.05, 4.69) is 10.6 Å². The summed E-state index contributed by atoms with van der Waals surface area (Å²) in [6, 6.07) is 9.45. The van der Waals surface area contributed by atoms with Gasteiger partial charge in [0, 0.05) is 37.3 Å². The molecule has 174 valence electrons. The summed E-state index contributed by atoms with van der Waals surface area (Å²) < 4.78 is 0. The zero-order valence-electron chi connectivity index (χ0n) is 18.2. The molecule has 4 amide bonds. The van der Waals surface area contributed by atoms with E-state index in [0.29, 0.717) is 37.3 Å². The number of anilines is 1. The van der Waals surface area contributed by atoms with Crippen LogP contribution in [0.5, 0.6) is 0 Å². The van der Waals surface area contributed by atoms with Crippen molar-refractivity contribution in [1.29, 1.82) is 0 Å². The van der Waals surface area contributed by atoms with Crippen molar-refractivity contribution in [2.45, 2.75) is 38.5 Å². The highest BCUT2D eigenvalue weighted by Gasteiger charge is 2.39. The summed E-state index contributed by atoms with van der Waals surface area (Å²) in [5, 5.41) is 14.5. The Labute approximate surface area is 194 Å². The SMILES string of the molecule is O=C1CCC(N2Cc3ccc(NCC(=O)N4Cc5ccc(C(=O)O)cc5C4)cc3C2=O)C(=O)N1. The third-order valence-corrected chi connectivity index (χ3v) is 6.50. The molecule has 1 saturated heterocycles. The predicted molar refractivity (Wildman–Crippen MR) is 119 cm³/mol. The van der Waals surface area contributed by atoms with Gasteiger partial charge in [-0.25, -0.2) is 4.79 Å². The lowest BCUT2D eigenvalue weighted by atomic mass is 10.0. The molecule has 0 saturated carbocycles. The smallest absolute Gasteiger partial charge is 0.335 e. The summed E-state index contributed by atoms with van der Waals surface area (Å²) in [7, 11) is 0. The van der Waals surface area contributed by atoms with Gasteiger partial charge in [0.05, 0.1) is 12.1 Å². The van der Waals surface area contributed by atoms with E-state index in [-0.39, 0.29) is 36.3 Å². The number of nitrogens with one attached hydrogen (secondary N) is 2. The van der Waals surface area contributed by atoms with Gasteiger partial charge in [0.1, 0.15) is 6.04 Å². The maximum atomic E-state index is 12.9. The van der Waals surface area contributed by atoms with Crippen LogP contribution in [0, 0.1) is 0 Å². The second kappa shape index (κ2) is 8.29. The largest absolute Gasteiger partial charge is 0.478 e. The van der Waals surface area contributed by atoms with Crippen LogP contribution in [0.1, 0.15) is 50.2 Å². The number of hydrogen-bond acceptors (Lipinski definition) is 6. The number of carbonyl (C=O) groups excluding carboxylic acids is 4. The van der Waals surface area contributed by atoms with Crippen LogP contribution >= 0.6 is 0 Å². The molecule has 3 N–H and O–H groups in total. The highest BCUT2D eigenvalue weighted by molar-refractivity contribution is 6.05. The van der Waals surface area contributed by atoms with Gasteiger partial charge >= 0.3 is 5.97 Å². The molecule has 0 aliphatic carbocycles. The highest BCUT2D eigenvalue weighted by atomic mass is 16.4. The number of fused-ring (bicyclic) bond motifs is 2. The number of nitrogens with zero attached hydrogens (tertiary/aromatic N) is 2. The van der Waals surface area contributed by atoms with Crippen LogP contribution in [0.15, 0.2) is 36.4 Å². The number of amides is 4. The van der Waals surface area contributed by atoms with Gasteiger partial charge in [0.2, 0.25) is 17.7 Å². The number of rotatable bonds is 5. The standard InChI is InChI=1S/C24H22N4O6/c29-20-6-5-19(22(31)26-20)28-12-15-3-4-17(8-18(15)23(28)32)25-9-21(30)27-10-14-2-1-13(24(33)34)7-16(14)11-27/h1-4,7-8,19,25H,5-6,9-12H2,(H,33,34)(H,26,29,31). The second-order valence-electron chi connectivity index (χ2n) is 8.66. The summed E-state index contributed by atoms with van der Waals surface area (Å²) in [6.45, 7) is 1.08. The molecule has 0 spiro atoms. The molecule has 3 heterocycles. The topological polar surface area (TPSA) is 136 Å². The molecule has 2 aromatic carbocycles. The minimum atomic E-state index is -1.00. The molecule has 1 fully saturated rings. The first-order valence-corrected chi connectivity index (χ1v) is 10.9. The first-order valence-electron chi connectivity index (χ1n) is 10.9. The van der Waals surface area contributed by atoms with Crippen LogP contribution in [0.2, 0.25) is 0 Å². The highest BCUT2D eigenvalue weighted by Crippen LogP contribution is 2.30. The van der Waals surface area contributed by atoms with Crippen LogP contribution in [0.3, 0.4) is 0 Å². The first-order chi connectivity index (χ1) is 16.3. The van der Waals surface area contributed by atoms with Gasteiger partial charge in [-0.1, -0.05) is 12.1 Å². The van der Waals surface area contributed by atoms with Crippen molar-refractivity contribution in [3.63, 3.8) is 0 Å². The number of aromatic carboxylic acids is 1. The van der Waals surface area contributed by atoms with E-state index in [0.717, 1.165) is 16.7 Å². The molecule has 1 atom stereocenters. The van der Waals surface area contributed by atoms with Gasteiger partial charge in [-0.3, -0.25) is 24.5 Å². The quantitative estimate of drug-likeness (QED) is 0.566. The van der Waals surface area contributed by atoms with Gasteiger partial charge in [0.25, 0.3) is 5.91 Å². The monoisotopic (exact) mass is 462 g/mol. The number of carboxylic acid groups (broad SMARTS) is 1. The lowest BCUT2D eigenvalue weighted by molar-refractivity contribution is -0.137. The van der Waals surface area contributed by atoms with Crippen molar-refractivity contribution in [1.82, 2.24) is 15.1 Å². The summed E-state index contributed by atoms with van der Waals surface area (Å²) in [4.78, 5) is 63.6. The van der Waals surface area contributed by atoms with Gasteiger partial charge in [-0.2, -0.15) is 0 Å². The molecule has 2 aromatic rings. The van der Waals surface area contributed by atoms with Crippen molar-refractivity contribution >= 4 is 35.3 Å². The van der Waals surface area contributed by atoms with E-state index in [1.807, 2.05) is 0 Å². The van der Waals surface area contributed by atoms with Crippen LogP contribution in [-0.4, -0.2) is 57.1 Å². The Morgan fingerprint density at radius 2 is 1.76 bits per heavy atom. The molecule has 0 bridgehead atoms. The number of carboxylic acids is 1. The molecular weight excluding hydrogens is 440 g/mol. The van der Waals surface area contributed by atoms with Crippen molar-refractivity contribution in [3.05, 3.63) is 64.2 Å². The Balaban J connectivity index is 1.21. The summed E-state index contributed by atoms with van der Waals surface area (Å²) in [5.74, 6) is -2.21. The van der Waals surface area contributed by atoms with Crippen LogP contribution in [-0.2, 0) is 34.0 Å². The van der Waals surface area contributed by atoms with E-state index < -0.39 is 17.9 Å². The number of imide groups is 1. The Bertz CT molecular complexity index is 1260. The van der Waals surface area contributed by atoms with E-state index >= 15 is 0 Å². The summed E-state index contributed by atoms with van der Waals surface area (Å²) in [5.41, 5.74) is 3.81. The first kappa shape index (κ1) is 21.6. The lowest BCUT2D eigenvalue weighted by Crippen LogP contribution is -2.52. The Hall–Kier alpha value is -4.21. The van der Waals surface area contributed by atoms with E-state index in [1.54, 1.807) is 35.2 Å². The molecule has 10 heteroatoms. The number of hydrogen-bond donors (Lipinski definition) is 3. The number of benzene rings is 2. The van der Waals surface area contributed by atoms with E-state index in [4.69, 9.17) is 5.11 Å². The lowest BCUT2D eigenvalue weighted by Gasteiger charge is -2.29. The molecule has 1 unspecified atom stereocenters. The van der Waals surface area contributed by atoms with Gasteiger partial charge in [-0.05, 0) is 47.4 Å². The van der Waals surface area contributed by atoms with Crippen molar-refractivity contribution in [2.75, 3.05) is 11.9 Å². The second-order valence-corrected chi connectivity index (χ2v) is 8.66. The fourth-order valence-electron chi connectivity index (χ4n) is 4.66. The van der Waals surface area contributed by atoms with Crippen LogP contribution in [0.4, 0.5) is 5.69 Å². The Morgan fingerprint density at radius 1 is 1.00 bits per heavy atom. The molecule has 0 aromatic heterocycles. The van der Waals surface area contributed by atoms with Crippen molar-refractivity contribution < 1.29 is 29.1 Å². The fourth-order valence-corrected chi connectivity index (χ4v) is 4.66. The molecular formula is C24H22N4O6. The minimum Gasteiger partial charge on any atom is -0.478 e. The zero-order valence-corrected chi connectivity index (χ0v) is 18.2. The third kappa shape index (κ3) is 3.87. The van der Waals surface area contributed by atoms with Gasteiger partial charge in [-0.15, -0.1) is 0 Å². The summed E-state index contributed by atoms with van der Waals surface area (Å²) >= 11 is 0. The molecule has 3 aliphatic heterocycles. The van der Waals surface area contributed by atoms with Gasteiger partial charge in [0.15, 0.2) is 0 Å². The minimum absolute atomic E-state index is 0.0175. The Morgan fingerprint density at radius 3 is 2.53 bits per heavy atom. The van der Waals surface area contributed by atoms with Crippen molar-refractivity contribution in [3.8, 4) is 0 Å². The van der Waals surface area contributed by atoms with Crippen molar-refractivity contribution in [2.24, 2.45) is 0 Å². The fraction of sp³-hybridized carbons (Fsp3) is 0.292. The molecule has 10 nitrogen and oxygen atoms in total. The molecule has 34 heavy (non-hydrogen) atoms. The van der Waals surface area contributed by atoms with Crippen LogP contribution in [0.25, 0.3) is 0 Å². The molecule has 3 aliphatic rings. The normalized spacial score (nSPS) is 19.1. The Kier molecular flexibility index (Phi) is 5.27.